The lowest BCUT2D eigenvalue weighted by Gasteiger charge is -2.56. The van der Waals surface area contributed by atoms with Crippen LogP contribution >= 0.6 is 0 Å². The molecule has 0 aromatic carbocycles. The van der Waals surface area contributed by atoms with Gasteiger partial charge in [0.1, 0.15) is 6.10 Å². The summed E-state index contributed by atoms with van der Waals surface area (Å²) < 4.78 is 5.99. The zero-order valence-electron chi connectivity index (χ0n) is 21.0. The lowest BCUT2D eigenvalue weighted by molar-refractivity contribution is 0.00237. The molecule has 6 rings (SSSR count). The fourth-order valence-corrected chi connectivity index (χ4v) is 7.57. The summed E-state index contributed by atoms with van der Waals surface area (Å²) in [6.07, 6.45) is 20.8. The first-order valence-corrected chi connectivity index (χ1v) is 13.0. The van der Waals surface area contributed by atoms with E-state index < -0.39 is 0 Å². The molecule has 4 heteroatoms. The van der Waals surface area contributed by atoms with Gasteiger partial charge in [-0.05, 0) is 85.1 Å². The van der Waals surface area contributed by atoms with Crippen molar-refractivity contribution in [2.24, 2.45) is 22.7 Å². The van der Waals surface area contributed by atoms with Crippen molar-refractivity contribution in [1.29, 1.82) is 0 Å². The van der Waals surface area contributed by atoms with Crippen molar-refractivity contribution in [1.82, 2.24) is 9.97 Å². The Bertz CT molecular complexity index is 1260. The van der Waals surface area contributed by atoms with Crippen LogP contribution in [0.1, 0.15) is 73.9 Å². The van der Waals surface area contributed by atoms with E-state index in [1.165, 1.54) is 29.6 Å². The highest BCUT2D eigenvalue weighted by atomic mass is 16.5. The maximum Gasteiger partial charge on any atom is 0.340 e. The Balaban J connectivity index is 1.21. The van der Waals surface area contributed by atoms with E-state index >= 15 is 0 Å². The molecular formula is C31H34N2O2. The molecule has 0 aliphatic heterocycles. The average molecular weight is 467 g/mol. The number of rotatable bonds is 3. The summed E-state index contributed by atoms with van der Waals surface area (Å²) in [6.45, 7) is 6.86. The quantitative estimate of drug-likeness (QED) is 0.365. The predicted molar refractivity (Wildman–Crippen MR) is 137 cm³/mol. The molecule has 0 radical (unpaired) electrons. The van der Waals surface area contributed by atoms with Crippen LogP contribution in [0.2, 0.25) is 0 Å². The van der Waals surface area contributed by atoms with Crippen LogP contribution in [0.3, 0.4) is 0 Å². The molecule has 2 aromatic heterocycles. The summed E-state index contributed by atoms with van der Waals surface area (Å²) >= 11 is 0. The predicted octanol–water partition coefficient (Wildman–Crippen LogP) is 6.89. The highest BCUT2D eigenvalue weighted by molar-refractivity contribution is 5.90. The number of esters is 1. The minimum Gasteiger partial charge on any atom is -0.458 e. The summed E-state index contributed by atoms with van der Waals surface area (Å²) in [5.74, 6) is 1.00. The Hall–Kier alpha value is -3.01. The molecule has 35 heavy (non-hydrogen) atoms. The van der Waals surface area contributed by atoms with Crippen molar-refractivity contribution in [3.63, 3.8) is 0 Å². The summed E-state index contributed by atoms with van der Waals surface area (Å²) in [7, 11) is 0. The second kappa shape index (κ2) is 8.29. The number of aromatic nitrogens is 2. The van der Waals surface area contributed by atoms with Gasteiger partial charge in [0.05, 0.1) is 5.56 Å². The SMILES string of the molecule is Cc1ccncc1C(=O)O[C@H]1CC[C@@]2(C)C(=CCC3C4=CC=C(c5cccnc5)[C@@]4(C)CCC32)C1. The van der Waals surface area contributed by atoms with Gasteiger partial charge in [-0.3, -0.25) is 9.97 Å². The lowest BCUT2D eigenvalue weighted by Crippen LogP contribution is -2.47. The van der Waals surface area contributed by atoms with Crippen LogP contribution in [0, 0.1) is 29.6 Å². The summed E-state index contributed by atoms with van der Waals surface area (Å²) in [6, 6.07) is 6.10. The van der Waals surface area contributed by atoms with Crippen LogP contribution in [0.4, 0.5) is 0 Å². The highest BCUT2D eigenvalue weighted by Gasteiger charge is 2.54. The van der Waals surface area contributed by atoms with Gasteiger partial charge in [0, 0.05) is 36.6 Å². The molecule has 180 valence electrons. The van der Waals surface area contributed by atoms with E-state index in [1.54, 1.807) is 18.0 Å². The summed E-state index contributed by atoms with van der Waals surface area (Å²) in [5, 5.41) is 0. The largest absolute Gasteiger partial charge is 0.458 e. The third-order valence-corrected chi connectivity index (χ3v) is 9.61. The van der Waals surface area contributed by atoms with Crippen LogP contribution in [-0.2, 0) is 4.74 Å². The molecular weight excluding hydrogens is 432 g/mol. The maximum absolute atomic E-state index is 12.8. The molecule has 2 heterocycles. The molecule has 0 N–H and O–H groups in total. The average Bonchev–Trinajstić information content (AvgIpc) is 3.22. The minimum absolute atomic E-state index is 0.0450. The van der Waals surface area contributed by atoms with Gasteiger partial charge in [-0.1, -0.05) is 49.3 Å². The molecule has 0 spiro atoms. The molecule has 4 aliphatic rings. The number of hydrogen-bond acceptors (Lipinski definition) is 4. The van der Waals surface area contributed by atoms with Crippen molar-refractivity contribution in [3.8, 4) is 0 Å². The van der Waals surface area contributed by atoms with Crippen molar-refractivity contribution < 1.29 is 9.53 Å². The van der Waals surface area contributed by atoms with Crippen molar-refractivity contribution in [2.75, 3.05) is 0 Å². The highest BCUT2D eigenvalue weighted by Crippen LogP contribution is 2.64. The van der Waals surface area contributed by atoms with Gasteiger partial charge in [-0.15, -0.1) is 0 Å². The standard InChI is InChI=1S/C31H34N2O2/c1-20-12-16-33-19-25(20)29(34)35-23-10-13-30(2)22(17-23)6-7-24-27-9-8-26(21-5-4-15-32-18-21)31(27,3)14-11-28(24)30/h4-6,8-9,12,15-16,18-19,23-24,28H,7,10-11,13-14,17H2,1-3H3/t23-,24?,28?,30-,31+/m0/s1. The van der Waals surface area contributed by atoms with Gasteiger partial charge in [-0.25, -0.2) is 4.79 Å². The van der Waals surface area contributed by atoms with Gasteiger partial charge >= 0.3 is 5.97 Å². The second-order valence-corrected chi connectivity index (χ2v) is 11.4. The molecule has 2 fully saturated rings. The third-order valence-electron chi connectivity index (χ3n) is 9.61. The van der Waals surface area contributed by atoms with Crippen LogP contribution in [-0.4, -0.2) is 22.0 Å². The Morgan fingerprint density at radius 3 is 2.71 bits per heavy atom. The molecule has 5 atom stereocenters. The molecule has 0 amide bonds. The Labute approximate surface area is 208 Å². The third kappa shape index (κ3) is 3.52. The molecule has 0 bridgehead atoms. The lowest BCUT2D eigenvalue weighted by atomic mass is 9.49. The van der Waals surface area contributed by atoms with E-state index in [9.17, 15) is 4.79 Å². The van der Waals surface area contributed by atoms with Crippen LogP contribution in [0.5, 0.6) is 0 Å². The Morgan fingerprint density at radius 2 is 1.91 bits per heavy atom. The first-order valence-electron chi connectivity index (χ1n) is 13.0. The number of carbonyl (C=O) groups is 1. The zero-order chi connectivity index (χ0) is 24.2. The van der Waals surface area contributed by atoms with Crippen molar-refractivity contribution in [3.05, 3.63) is 89.1 Å². The normalized spacial score (nSPS) is 33.5. The summed E-state index contributed by atoms with van der Waals surface area (Å²) in [4.78, 5) is 21.3. The van der Waals surface area contributed by atoms with Gasteiger partial charge in [0.2, 0.25) is 0 Å². The van der Waals surface area contributed by atoms with E-state index in [4.69, 9.17) is 4.74 Å². The smallest absolute Gasteiger partial charge is 0.340 e. The first kappa shape index (κ1) is 22.5. The Kier molecular flexibility index (Phi) is 5.32. The molecule has 2 aromatic rings. The van der Waals surface area contributed by atoms with E-state index in [0.717, 1.165) is 31.2 Å². The van der Waals surface area contributed by atoms with E-state index in [-0.39, 0.29) is 22.9 Å². The Morgan fingerprint density at radius 1 is 1.06 bits per heavy atom. The monoisotopic (exact) mass is 466 g/mol. The fourth-order valence-electron chi connectivity index (χ4n) is 7.57. The molecule has 4 nitrogen and oxygen atoms in total. The molecule has 2 unspecified atom stereocenters. The number of allylic oxidation sites excluding steroid dienone is 5. The fraction of sp³-hybridized carbons (Fsp3) is 0.452. The number of fused-ring (bicyclic) bond motifs is 5. The number of ether oxygens (including phenoxy) is 1. The van der Waals surface area contributed by atoms with Gasteiger partial charge in [0.25, 0.3) is 0 Å². The number of carbonyl (C=O) groups excluding carboxylic acids is 1. The van der Waals surface area contributed by atoms with Crippen LogP contribution in [0.15, 0.2) is 72.4 Å². The van der Waals surface area contributed by atoms with Gasteiger partial charge < -0.3 is 4.74 Å². The van der Waals surface area contributed by atoms with E-state index in [0.29, 0.717) is 17.4 Å². The van der Waals surface area contributed by atoms with Crippen LogP contribution < -0.4 is 0 Å². The van der Waals surface area contributed by atoms with Gasteiger partial charge in [-0.2, -0.15) is 0 Å². The van der Waals surface area contributed by atoms with E-state index in [2.05, 4.69) is 48.1 Å². The first-order chi connectivity index (χ1) is 16.9. The maximum atomic E-state index is 12.8. The number of aryl methyl sites for hydroxylation is 1. The van der Waals surface area contributed by atoms with Crippen molar-refractivity contribution >= 4 is 11.5 Å². The summed E-state index contributed by atoms with van der Waals surface area (Å²) in [5.41, 5.74) is 7.60. The van der Waals surface area contributed by atoms with E-state index in [1.807, 2.05) is 31.5 Å². The topological polar surface area (TPSA) is 52.1 Å². The number of pyridine rings is 2. The molecule has 0 saturated heterocycles. The van der Waals surface area contributed by atoms with Gasteiger partial charge in [0.15, 0.2) is 0 Å². The molecule has 2 saturated carbocycles. The number of hydrogen-bond donors (Lipinski definition) is 0. The molecule has 4 aliphatic carbocycles. The number of nitrogens with zero attached hydrogens (tertiary/aromatic N) is 2. The van der Waals surface area contributed by atoms with Crippen molar-refractivity contribution in [2.45, 2.75) is 65.4 Å². The zero-order valence-corrected chi connectivity index (χ0v) is 21.0. The van der Waals surface area contributed by atoms with Crippen LogP contribution in [0.25, 0.3) is 5.57 Å². The minimum atomic E-state index is -0.239. The second-order valence-electron chi connectivity index (χ2n) is 11.4.